The van der Waals surface area contributed by atoms with Crippen LogP contribution >= 0.6 is 0 Å². The Balaban J connectivity index is 2.12. The van der Waals surface area contributed by atoms with Crippen molar-refractivity contribution in [3.8, 4) is 0 Å². The summed E-state index contributed by atoms with van der Waals surface area (Å²) < 4.78 is 0. The van der Waals surface area contributed by atoms with E-state index in [0.29, 0.717) is 5.92 Å². The Kier molecular flexibility index (Phi) is 3.84. The smallest absolute Gasteiger partial charge is 0.303 e. The highest BCUT2D eigenvalue weighted by Gasteiger charge is 2.28. The molecule has 1 fully saturated rings. The van der Waals surface area contributed by atoms with Crippen LogP contribution in [0.1, 0.15) is 30.7 Å². The topological polar surface area (TPSA) is 56.3 Å². The second-order valence-corrected chi connectivity index (χ2v) is 5.01. The number of aromatic amines is 1. The van der Waals surface area contributed by atoms with Crippen molar-refractivity contribution in [2.45, 2.75) is 25.2 Å². The second-order valence-electron chi connectivity index (χ2n) is 5.01. The number of H-pyrrole nitrogens is 1. The molecule has 2 unspecified atom stereocenters. The molecular weight excluding hydrogens is 216 g/mol. The summed E-state index contributed by atoms with van der Waals surface area (Å²) in [7, 11) is 2.11. The van der Waals surface area contributed by atoms with E-state index in [9.17, 15) is 4.79 Å². The lowest BCUT2D eigenvalue weighted by molar-refractivity contribution is -0.137. The van der Waals surface area contributed by atoms with Crippen molar-refractivity contribution in [3.05, 3.63) is 24.0 Å². The van der Waals surface area contributed by atoms with Gasteiger partial charge in [0.15, 0.2) is 0 Å². The summed E-state index contributed by atoms with van der Waals surface area (Å²) in [6, 6.07) is 2.00. The first-order valence-electron chi connectivity index (χ1n) is 6.20. The summed E-state index contributed by atoms with van der Waals surface area (Å²) in [5.74, 6) is -0.105. The van der Waals surface area contributed by atoms with E-state index in [2.05, 4.69) is 16.9 Å². The van der Waals surface area contributed by atoms with Gasteiger partial charge in [0.2, 0.25) is 0 Å². The summed E-state index contributed by atoms with van der Waals surface area (Å²) in [5, 5.41) is 9.06. The third-order valence-corrected chi connectivity index (χ3v) is 3.67. The number of aliphatic carboxylic acids is 1. The standard InChI is InChI=1S/C13H20N2O2/c1-15-6-2-3-11(9-15)12(7-13(16)17)10-4-5-14-8-10/h4-5,8,11-12,14H,2-3,6-7,9H2,1H3,(H,16,17). The number of piperidine rings is 1. The van der Waals surface area contributed by atoms with Crippen molar-refractivity contribution in [3.63, 3.8) is 0 Å². The maximum atomic E-state index is 11.0. The van der Waals surface area contributed by atoms with Crippen LogP contribution in [0, 0.1) is 5.92 Å². The molecule has 2 atom stereocenters. The number of carboxylic acid groups (broad SMARTS) is 1. The first-order valence-corrected chi connectivity index (χ1v) is 6.20. The summed E-state index contributed by atoms with van der Waals surface area (Å²) in [4.78, 5) is 16.3. The Hall–Kier alpha value is -1.29. The molecule has 4 nitrogen and oxygen atoms in total. The molecular formula is C13H20N2O2. The van der Waals surface area contributed by atoms with Gasteiger partial charge in [-0.3, -0.25) is 4.79 Å². The van der Waals surface area contributed by atoms with Crippen molar-refractivity contribution in [2.24, 2.45) is 5.92 Å². The molecule has 0 amide bonds. The third kappa shape index (κ3) is 3.09. The molecule has 1 aliphatic rings. The Bertz CT molecular complexity index is 362. The maximum absolute atomic E-state index is 11.0. The first-order chi connectivity index (χ1) is 8.16. The molecule has 2 heterocycles. The quantitative estimate of drug-likeness (QED) is 0.839. The second kappa shape index (κ2) is 5.36. The molecule has 0 aromatic carbocycles. The lowest BCUT2D eigenvalue weighted by Gasteiger charge is -2.34. The van der Waals surface area contributed by atoms with Gasteiger partial charge in [-0.15, -0.1) is 0 Å². The van der Waals surface area contributed by atoms with E-state index in [1.807, 2.05) is 18.5 Å². The molecule has 1 aliphatic heterocycles. The van der Waals surface area contributed by atoms with Gasteiger partial charge in [0.25, 0.3) is 0 Å². The highest BCUT2D eigenvalue weighted by molar-refractivity contribution is 5.68. The average Bonchev–Trinajstić information content (AvgIpc) is 2.79. The van der Waals surface area contributed by atoms with Crippen LogP contribution in [0.3, 0.4) is 0 Å². The minimum Gasteiger partial charge on any atom is -0.481 e. The zero-order valence-electron chi connectivity index (χ0n) is 10.2. The highest BCUT2D eigenvalue weighted by Crippen LogP contribution is 2.33. The molecule has 94 valence electrons. The van der Waals surface area contributed by atoms with Crippen LogP contribution < -0.4 is 0 Å². The molecule has 1 aromatic rings. The van der Waals surface area contributed by atoms with E-state index in [1.54, 1.807) is 0 Å². The lowest BCUT2D eigenvalue weighted by Crippen LogP contribution is -2.35. The Morgan fingerprint density at radius 3 is 3.12 bits per heavy atom. The van der Waals surface area contributed by atoms with Crippen LogP contribution in [0.5, 0.6) is 0 Å². The molecule has 2 N–H and O–H groups in total. The minimum absolute atomic E-state index is 0.140. The van der Waals surface area contributed by atoms with E-state index in [0.717, 1.165) is 25.1 Å². The first kappa shape index (κ1) is 12.2. The van der Waals surface area contributed by atoms with Crippen LogP contribution in [0.4, 0.5) is 0 Å². The van der Waals surface area contributed by atoms with Crippen LogP contribution in [-0.2, 0) is 4.79 Å². The summed E-state index contributed by atoms with van der Waals surface area (Å²) in [5.41, 5.74) is 1.13. The van der Waals surface area contributed by atoms with E-state index < -0.39 is 5.97 Å². The number of hydrogen-bond acceptors (Lipinski definition) is 2. The predicted molar refractivity (Wildman–Crippen MR) is 66.0 cm³/mol. The average molecular weight is 236 g/mol. The van der Waals surface area contributed by atoms with Gasteiger partial charge in [0, 0.05) is 18.9 Å². The largest absolute Gasteiger partial charge is 0.481 e. The highest BCUT2D eigenvalue weighted by atomic mass is 16.4. The van der Waals surface area contributed by atoms with E-state index >= 15 is 0 Å². The van der Waals surface area contributed by atoms with Gasteiger partial charge in [0.05, 0.1) is 6.42 Å². The number of carboxylic acids is 1. The number of nitrogens with one attached hydrogen (secondary N) is 1. The van der Waals surface area contributed by atoms with Crippen molar-refractivity contribution >= 4 is 5.97 Å². The number of hydrogen-bond donors (Lipinski definition) is 2. The molecule has 0 saturated carbocycles. The number of rotatable bonds is 4. The van der Waals surface area contributed by atoms with Gasteiger partial charge in [-0.2, -0.15) is 0 Å². The zero-order chi connectivity index (χ0) is 12.3. The predicted octanol–water partition coefficient (Wildman–Crippen LogP) is 1.91. The van der Waals surface area contributed by atoms with Crippen LogP contribution in [0.2, 0.25) is 0 Å². The summed E-state index contributed by atoms with van der Waals surface area (Å²) in [6.45, 7) is 2.13. The van der Waals surface area contributed by atoms with Crippen LogP contribution in [0.15, 0.2) is 18.5 Å². The molecule has 4 heteroatoms. The molecule has 0 bridgehead atoms. The molecule has 17 heavy (non-hydrogen) atoms. The molecule has 0 aliphatic carbocycles. The van der Waals surface area contributed by atoms with Crippen LogP contribution in [0.25, 0.3) is 0 Å². The van der Waals surface area contributed by atoms with Gasteiger partial charge >= 0.3 is 5.97 Å². The fraction of sp³-hybridized carbons (Fsp3) is 0.615. The summed E-state index contributed by atoms with van der Waals surface area (Å²) in [6.07, 6.45) is 6.34. The normalized spacial score (nSPS) is 23.5. The third-order valence-electron chi connectivity index (χ3n) is 3.67. The van der Waals surface area contributed by atoms with Gasteiger partial charge in [-0.1, -0.05) is 0 Å². The van der Waals surface area contributed by atoms with Gasteiger partial charge in [-0.25, -0.2) is 0 Å². The van der Waals surface area contributed by atoms with Crippen molar-refractivity contribution in [1.82, 2.24) is 9.88 Å². The summed E-state index contributed by atoms with van der Waals surface area (Å²) >= 11 is 0. The molecule has 1 aromatic heterocycles. The molecule has 0 spiro atoms. The Morgan fingerprint density at radius 2 is 2.53 bits per heavy atom. The van der Waals surface area contributed by atoms with Crippen molar-refractivity contribution in [1.29, 1.82) is 0 Å². The minimum atomic E-state index is -0.704. The maximum Gasteiger partial charge on any atom is 0.303 e. The van der Waals surface area contributed by atoms with Crippen molar-refractivity contribution in [2.75, 3.05) is 20.1 Å². The van der Waals surface area contributed by atoms with Gasteiger partial charge < -0.3 is 15.0 Å². The number of carbonyl (C=O) groups is 1. The van der Waals surface area contributed by atoms with Gasteiger partial charge in [0.1, 0.15) is 0 Å². The lowest BCUT2D eigenvalue weighted by atomic mass is 9.80. The zero-order valence-corrected chi connectivity index (χ0v) is 10.2. The number of nitrogens with zero attached hydrogens (tertiary/aromatic N) is 1. The Labute approximate surface area is 102 Å². The SMILES string of the molecule is CN1CCCC(C(CC(=O)O)c2cc[nH]c2)C1. The van der Waals surface area contributed by atoms with E-state index in [4.69, 9.17) is 5.11 Å². The number of aromatic nitrogens is 1. The van der Waals surface area contributed by atoms with E-state index in [-0.39, 0.29) is 12.3 Å². The van der Waals surface area contributed by atoms with E-state index in [1.165, 1.54) is 6.42 Å². The fourth-order valence-electron chi connectivity index (χ4n) is 2.85. The number of likely N-dealkylation sites (tertiary alicyclic amines) is 1. The van der Waals surface area contributed by atoms with Gasteiger partial charge in [-0.05, 0) is 49.9 Å². The molecule has 1 saturated heterocycles. The Morgan fingerprint density at radius 1 is 1.71 bits per heavy atom. The monoisotopic (exact) mass is 236 g/mol. The molecule has 2 rings (SSSR count). The van der Waals surface area contributed by atoms with Crippen molar-refractivity contribution < 1.29 is 9.90 Å². The van der Waals surface area contributed by atoms with Crippen LogP contribution in [-0.4, -0.2) is 41.1 Å². The molecule has 0 radical (unpaired) electrons. The fourth-order valence-corrected chi connectivity index (χ4v) is 2.85.